The van der Waals surface area contributed by atoms with E-state index in [0.717, 1.165) is 58.9 Å². The second-order valence-electron chi connectivity index (χ2n) is 5.42. The molecule has 6 nitrogen and oxygen atoms in total. The summed E-state index contributed by atoms with van der Waals surface area (Å²) < 4.78 is 10.6. The molecular formula is C14H27N3O3. The highest BCUT2D eigenvalue weighted by Crippen LogP contribution is 2.01. The van der Waals surface area contributed by atoms with Crippen molar-refractivity contribution in [2.24, 2.45) is 0 Å². The summed E-state index contributed by atoms with van der Waals surface area (Å²) in [7, 11) is 0. The number of rotatable bonds is 6. The molecule has 0 saturated carbocycles. The predicted octanol–water partition coefficient (Wildman–Crippen LogP) is -0.454. The van der Waals surface area contributed by atoms with Gasteiger partial charge in [0, 0.05) is 26.2 Å². The molecule has 0 aromatic rings. The number of nitrogens with one attached hydrogen (secondary N) is 1. The Morgan fingerprint density at radius 3 is 2.35 bits per heavy atom. The minimum Gasteiger partial charge on any atom is -0.379 e. The van der Waals surface area contributed by atoms with E-state index in [9.17, 15) is 4.79 Å². The van der Waals surface area contributed by atoms with Crippen LogP contribution in [0, 0.1) is 0 Å². The Bertz CT molecular complexity index is 289. The first kappa shape index (κ1) is 15.7. The van der Waals surface area contributed by atoms with Gasteiger partial charge in [-0.1, -0.05) is 0 Å². The molecule has 1 atom stereocenters. The van der Waals surface area contributed by atoms with Crippen molar-refractivity contribution in [3.63, 3.8) is 0 Å². The summed E-state index contributed by atoms with van der Waals surface area (Å²) in [6, 6.07) is -0.0993. The van der Waals surface area contributed by atoms with Gasteiger partial charge >= 0.3 is 0 Å². The van der Waals surface area contributed by atoms with Gasteiger partial charge in [0.15, 0.2) is 0 Å². The van der Waals surface area contributed by atoms with Gasteiger partial charge in [0.05, 0.1) is 32.5 Å². The Balaban J connectivity index is 1.56. The Kier molecular flexibility index (Phi) is 6.72. The summed E-state index contributed by atoms with van der Waals surface area (Å²) in [6.45, 7) is 10.4. The highest BCUT2D eigenvalue weighted by atomic mass is 16.5. The largest absolute Gasteiger partial charge is 0.379 e. The van der Waals surface area contributed by atoms with E-state index >= 15 is 0 Å². The molecule has 2 aliphatic heterocycles. The third-order valence-corrected chi connectivity index (χ3v) is 3.90. The zero-order chi connectivity index (χ0) is 14.2. The van der Waals surface area contributed by atoms with Crippen molar-refractivity contribution in [3.8, 4) is 0 Å². The van der Waals surface area contributed by atoms with E-state index < -0.39 is 0 Å². The van der Waals surface area contributed by atoms with E-state index in [4.69, 9.17) is 9.47 Å². The van der Waals surface area contributed by atoms with Crippen LogP contribution in [0.4, 0.5) is 0 Å². The van der Waals surface area contributed by atoms with Crippen LogP contribution in [0.3, 0.4) is 0 Å². The van der Waals surface area contributed by atoms with Gasteiger partial charge in [-0.2, -0.15) is 0 Å². The summed E-state index contributed by atoms with van der Waals surface area (Å²) in [5.74, 6) is 0.194. The molecule has 116 valence electrons. The molecule has 0 spiro atoms. The van der Waals surface area contributed by atoms with Crippen molar-refractivity contribution in [1.29, 1.82) is 0 Å². The molecule has 0 aromatic heterocycles. The van der Waals surface area contributed by atoms with Crippen molar-refractivity contribution in [2.45, 2.75) is 19.4 Å². The summed E-state index contributed by atoms with van der Waals surface area (Å²) >= 11 is 0. The van der Waals surface area contributed by atoms with E-state index in [1.807, 2.05) is 11.8 Å². The van der Waals surface area contributed by atoms with Crippen LogP contribution in [-0.2, 0) is 14.3 Å². The molecule has 0 radical (unpaired) electrons. The third-order valence-electron chi connectivity index (χ3n) is 3.90. The van der Waals surface area contributed by atoms with Gasteiger partial charge in [0.25, 0.3) is 0 Å². The Morgan fingerprint density at radius 1 is 1.10 bits per heavy atom. The molecule has 1 N–H and O–H groups in total. The van der Waals surface area contributed by atoms with Crippen LogP contribution in [0.2, 0.25) is 0 Å². The molecular weight excluding hydrogens is 258 g/mol. The number of carbonyl (C=O) groups is 1. The van der Waals surface area contributed by atoms with Gasteiger partial charge in [-0.25, -0.2) is 0 Å². The molecule has 2 heterocycles. The molecule has 6 heteroatoms. The van der Waals surface area contributed by atoms with Crippen LogP contribution in [0.5, 0.6) is 0 Å². The summed E-state index contributed by atoms with van der Waals surface area (Å²) in [6.07, 6.45) is 1.07. The first-order valence-electron chi connectivity index (χ1n) is 7.67. The minimum atomic E-state index is -0.0993. The van der Waals surface area contributed by atoms with Crippen LogP contribution < -0.4 is 5.32 Å². The maximum atomic E-state index is 12.2. The van der Waals surface area contributed by atoms with E-state index in [-0.39, 0.29) is 11.9 Å². The van der Waals surface area contributed by atoms with Gasteiger partial charge in [-0.15, -0.1) is 0 Å². The average molecular weight is 285 g/mol. The molecule has 20 heavy (non-hydrogen) atoms. The number of hydrogen-bond donors (Lipinski definition) is 1. The Hall–Kier alpha value is -0.690. The number of hydrogen-bond acceptors (Lipinski definition) is 5. The average Bonchev–Trinajstić information content (AvgIpc) is 2.52. The molecule has 0 bridgehead atoms. The van der Waals surface area contributed by atoms with Gasteiger partial charge in [0.1, 0.15) is 0 Å². The van der Waals surface area contributed by atoms with E-state index in [0.29, 0.717) is 13.2 Å². The third kappa shape index (κ3) is 5.01. The van der Waals surface area contributed by atoms with Crippen molar-refractivity contribution in [1.82, 2.24) is 15.1 Å². The quantitative estimate of drug-likeness (QED) is 0.670. The topological polar surface area (TPSA) is 54.0 Å². The van der Waals surface area contributed by atoms with Crippen molar-refractivity contribution in [2.75, 3.05) is 65.7 Å². The highest BCUT2D eigenvalue weighted by Gasteiger charge is 2.21. The van der Waals surface area contributed by atoms with Crippen LogP contribution in [0.25, 0.3) is 0 Å². The van der Waals surface area contributed by atoms with Crippen LogP contribution >= 0.6 is 0 Å². The highest BCUT2D eigenvalue weighted by molar-refractivity contribution is 5.81. The fourth-order valence-corrected chi connectivity index (χ4v) is 2.59. The molecule has 2 aliphatic rings. The molecule has 1 amide bonds. The lowest BCUT2D eigenvalue weighted by molar-refractivity contribution is -0.137. The lowest BCUT2D eigenvalue weighted by atomic mass is 10.2. The minimum absolute atomic E-state index is 0.0993. The molecule has 2 rings (SSSR count). The number of nitrogens with zero attached hydrogens (tertiary/aromatic N) is 2. The Morgan fingerprint density at radius 2 is 1.70 bits per heavy atom. The zero-order valence-electron chi connectivity index (χ0n) is 12.5. The van der Waals surface area contributed by atoms with Crippen molar-refractivity contribution in [3.05, 3.63) is 0 Å². The van der Waals surface area contributed by atoms with E-state index in [2.05, 4.69) is 10.2 Å². The zero-order valence-corrected chi connectivity index (χ0v) is 12.5. The van der Waals surface area contributed by atoms with Crippen molar-refractivity contribution >= 4 is 5.91 Å². The van der Waals surface area contributed by atoms with E-state index in [1.54, 1.807) is 0 Å². The van der Waals surface area contributed by atoms with Gasteiger partial charge in [-0.05, 0) is 26.4 Å². The predicted molar refractivity (Wildman–Crippen MR) is 76.7 cm³/mol. The molecule has 0 aromatic carbocycles. The standard InChI is InChI=1S/C14H27N3O3/c1-13(14(18)17-7-11-20-12-8-17)15-3-2-4-16-5-9-19-10-6-16/h13,15H,2-12H2,1H3. The van der Waals surface area contributed by atoms with Gasteiger partial charge in [-0.3, -0.25) is 9.69 Å². The lowest BCUT2D eigenvalue weighted by Crippen LogP contribution is -2.49. The van der Waals surface area contributed by atoms with E-state index in [1.165, 1.54) is 0 Å². The Labute approximate surface area is 121 Å². The SMILES string of the molecule is CC(NCCCN1CCOCC1)C(=O)N1CCOCC1. The number of carbonyl (C=O) groups excluding carboxylic acids is 1. The second-order valence-corrected chi connectivity index (χ2v) is 5.42. The molecule has 2 saturated heterocycles. The van der Waals surface area contributed by atoms with Crippen LogP contribution in [0.1, 0.15) is 13.3 Å². The smallest absolute Gasteiger partial charge is 0.239 e. The lowest BCUT2D eigenvalue weighted by Gasteiger charge is -2.30. The second kappa shape index (κ2) is 8.56. The van der Waals surface area contributed by atoms with Gasteiger partial charge in [0.2, 0.25) is 5.91 Å². The van der Waals surface area contributed by atoms with Gasteiger partial charge < -0.3 is 19.7 Å². The molecule has 1 unspecified atom stereocenters. The van der Waals surface area contributed by atoms with Crippen molar-refractivity contribution < 1.29 is 14.3 Å². The molecule has 0 aliphatic carbocycles. The normalized spacial score (nSPS) is 22.8. The summed E-state index contributed by atoms with van der Waals surface area (Å²) in [4.78, 5) is 16.5. The fraction of sp³-hybridized carbons (Fsp3) is 0.929. The fourth-order valence-electron chi connectivity index (χ4n) is 2.59. The number of amides is 1. The van der Waals surface area contributed by atoms with Crippen LogP contribution in [-0.4, -0.2) is 87.4 Å². The summed E-state index contributed by atoms with van der Waals surface area (Å²) in [5, 5.41) is 3.33. The first-order chi connectivity index (χ1) is 9.77. The number of morpholine rings is 2. The number of ether oxygens (including phenoxy) is 2. The maximum absolute atomic E-state index is 12.2. The first-order valence-corrected chi connectivity index (χ1v) is 7.67. The monoisotopic (exact) mass is 285 g/mol. The summed E-state index contributed by atoms with van der Waals surface area (Å²) in [5.41, 5.74) is 0. The maximum Gasteiger partial charge on any atom is 0.239 e. The molecule has 2 fully saturated rings. The van der Waals surface area contributed by atoms with Crippen LogP contribution in [0.15, 0.2) is 0 Å².